The standard InChI is InChI=1S/C12H14FN3O/c1-16-12(17)10(5-6-14)11(15-16)8-3-2-4-9(13)7-8/h2-4,7,15H,5-6,14H2,1H3. The smallest absolute Gasteiger partial charge is 0.270 e. The van der Waals surface area contributed by atoms with Crippen molar-refractivity contribution in [2.75, 3.05) is 6.54 Å². The van der Waals surface area contributed by atoms with Gasteiger partial charge in [0.1, 0.15) is 5.82 Å². The van der Waals surface area contributed by atoms with Gasteiger partial charge in [0.2, 0.25) is 0 Å². The van der Waals surface area contributed by atoms with Crippen LogP contribution >= 0.6 is 0 Å². The summed E-state index contributed by atoms with van der Waals surface area (Å²) in [6.07, 6.45) is 0.474. The Morgan fingerprint density at radius 3 is 2.88 bits per heavy atom. The molecule has 1 aromatic carbocycles. The third-order valence-electron chi connectivity index (χ3n) is 2.65. The van der Waals surface area contributed by atoms with Crippen molar-refractivity contribution in [3.05, 3.63) is 46.0 Å². The molecule has 90 valence electrons. The second kappa shape index (κ2) is 4.55. The molecular weight excluding hydrogens is 221 g/mol. The molecule has 2 rings (SSSR count). The molecule has 2 aromatic rings. The Morgan fingerprint density at radius 1 is 1.47 bits per heavy atom. The Balaban J connectivity index is 2.59. The van der Waals surface area contributed by atoms with Gasteiger partial charge in [0.15, 0.2) is 0 Å². The number of aryl methyl sites for hydroxylation is 1. The summed E-state index contributed by atoms with van der Waals surface area (Å²) in [4.78, 5) is 11.8. The van der Waals surface area contributed by atoms with Crippen LogP contribution < -0.4 is 11.3 Å². The molecule has 17 heavy (non-hydrogen) atoms. The highest BCUT2D eigenvalue weighted by Gasteiger charge is 2.13. The topological polar surface area (TPSA) is 63.8 Å². The number of rotatable bonds is 3. The number of nitrogens with zero attached hydrogens (tertiary/aromatic N) is 1. The summed E-state index contributed by atoms with van der Waals surface area (Å²) in [6, 6.07) is 6.13. The Hall–Kier alpha value is -1.88. The summed E-state index contributed by atoms with van der Waals surface area (Å²) in [6.45, 7) is 0.384. The van der Waals surface area contributed by atoms with E-state index in [4.69, 9.17) is 5.73 Å². The molecule has 1 aromatic heterocycles. The monoisotopic (exact) mass is 235 g/mol. The number of benzene rings is 1. The summed E-state index contributed by atoms with van der Waals surface area (Å²) in [5.41, 5.74) is 7.26. The number of halogens is 1. The van der Waals surface area contributed by atoms with Crippen LogP contribution in [-0.4, -0.2) is 16.3 Å². The highest BCUT2D eigenvalue weighted by Crippen LogP contribution is 2.20. The van der Waals surface area contributed by atoms with Gasteiger partial charge in [-0.25, -0.2) is 4.39 Å². The molecule has 0 saturated heterocycles. The second-order valence-corrected chi connectivity index (χ2v) is 3.88. The molecule has 0 saturated carbocycles. The number of nitrogens with one attached hydrogen (secondary N) is 1. The van der Waals surface area contributed by atoms with Gasteiger partial charge in [0.05, 0.1) is 5.69 Å². The molecule has 0 spiro atoms. The maximum absolute atomic E-state index is 13.2. The van der Waals surface area contributed by atoms with E-state index in [2.05, 4.69) is 5.10 Å². The highest BCUT2D eigenvalue weighted by molar-refractivity contribution is 5.62. The van der Waals surface area contributed by atoms with Crippen molar-refractivity contribution in [2.45, 2.75) is 6.42 Å². The van der Waals surface area contributed by atoms with Crippen molar-refractivity contribution >= 4 is 0 Å². The minimum absolute atomic E-state index is 0.116. The van der Waals surface area contributed by atoms with Gasteiger partial charge in [-0.1, -0.05) is 12.1 Å². The lowest BCUT2D eigenvalue weighted by molar-refractivity contribution is 0.628. The summed E-state index contributed by atoms with van der Waals surface area (Å²) in [7, 11) is 1.63. The van der Waals surface area contributed by atoms with Gasteiger partial charge >= 0.3 is 0 Å². The summed E-state index contributed by atoms with van der Waals surface area (Å²) < 4.78 is 14.5. The van der Waals surface area contributed by atoms with Gasteiger partial charge in [-0.2, -0.15) is 0 Å². The molecule has 0 aliphatic rings. The minimum atomic E-state index is -0.328. The second-order valence-electron chi connectivity index (χ2n) is 3.88. The fraction of sp³-hybridized carbons (Fsp3) is 0.250. The zero-order chi connectivity index (χ0) is 12.4. The van der Waals surface area contributed by atoms with Crippen LogP contribution in [0.3, 0.4) is 0 Å². The molecule has 1 heterocycles. The summed E-state index contributed by atoms with van der Waals surface area (Å²) in [5, 5.41) is 2.92. The van der Waals surface area contributed by atoms with Crippen molar-refractivity contribution in [3.63, 3.8) is 0 Å². The van der Waals surface area contributed by atoms with Gasteiger partial charge in [-0.3, -0.25) is 14.6 Å². The summed E-state index contributed by atoms with van der Waals surface area (Å²) >= 11 is 0. The first-order valence-electron chi connectivity index (χ1n) is 5.37. The van der Waals surface area contributed by atoms with Crippen LogP contribution in [0.2, 0.25) is 0 Å². The Bertz CT molecular complexity index is 586. The molecular formula is C12H14FN3O. The molecule has 0 bridgehead atoms. The van der Waals surface area contributed by atoms with Crippen LogP contribution in [0.5, 0.6) is 0 Å². The molecule has 0 unspecified atom stereocenters. The number of H-pyrrole nitrogens is 1. The molecule has 4 nitrogen and oxygen atoms in total. The van der Waals surface area contributed by atoms with E-state index in [1.165, 1.54) is 16.8 Å². The lowest BCUT2D eigenvalue weighted by Gasteiger charge is -2.01. The predicted molar refractivity (Wildman–Crippen MR) is 64.2 cm³/mol. The fourth-order valence-corrected chi connectivity index (χ4v) is 1.85. The van der Waals surface area contributed by atoms with E-state index < -0.39 is 0 Å². The number of nitrogens with two attached hydrogens (primary N) is 1. The largest absolute Gasteiger partial charge is 0.330 e. The van der Waals surface area contributed by atoms with Crippen molar-refractivity contribution < 1.29 is 4.39 Å². The van der Waals surface area contributed by atoms with E-state index in [9.17, 15) is 9.18 Å². The van der Waals surface area contributed by atoms with Crippen LogP contribution in [0.1, 0.15) is 5.56 Å². The number of aromatic amines is 1. The average molecular weight is 235 g/mol. The Morgan fingerprint density at radius 2 is 2.24 bits per heavy atom. The van der Waals surface area contributed by atoms with Crippen molar-refractivity contribution in [2.24, 2.45) is 12.8 Å². The first kappa shape index (κ1) is 11.6. The van der Waals surface area contributed by atoms with Crippen LogP contribution in [0.25, 0.3) is 11.3 Å². The molecule has 0 atom stereocenters. The molecule has 0 aliphatic heterocycles. The lowest BCUT2D eigenvalue weighted by Crippen LogP contribution is -2.17. The van der Waals surface area contributed by atoms with Crippen molar-refractivity contribution in [1.29, 1.82) is 0 Å². The van der Waals surface area contributed by atoms with E-state index in [-0.39, 0.29) is 11.4 Å². The molecule has 5 heteroatoms. The zero-order valence-corrected chi connectivity index (χ0v) is 9.53. The molecule has 0 amide bonds. The van der Waals surface area contributed by atoms with Gasteiger partial charge in [-0.15, -0.1) is 0 Å². The lowest BCUT2D eigenvalue weighted by atomic mass is 10.1. The first-order valence-corrected chi connectivity index (χ1v) is 5.37. The van der Waals surface area contributed by atoms with Gasteiger partial charge in [-0.05, 0) is 25.1 Å². The average Bonchev–Trinajstić information content (AvgIpc) is 2.58. The molecule has 0 aliphatic carbocycles. The van der Waals surface area contributed by atoms with E-state index in [0.717, 1.165) is 0 Å². The SMILES string of the molecule is Cn1[nH]c(-c2cccc(F)c2)c(CCN)c1=O. The van der Waals surface area contributed by atoms with Gasteiger partial charge < -0.3 is 5.73 Å². The van der Waals surface area contributed by atoms with Crippen molar-refractivity contribution in [1.82, 2.24) is 9.78 Å². The third kappa shape index (κ3) is 2.14. The maximum Gasteiger partial charge on any atom is 0.270 e. The Kier molecular flexibility index (Phi) is 3.10. The molecule has 0 radical (unpaired) electrons. The van der Waals surface area contributed by atoms with Crippen LogP contribution in [0, 0.1) is 5.82 Å². The maximum atomic E-state index is 13.2. The predicted octanol–water partition coefficient (Wildman–Crippen LogP) is 1.02. The van der Waals surface area contributed by atoms with Crippen LogP contribution in [-0.2, 0) is 13.5 Å². The molecule has 0 fully saturated rings. The number of hydrogen-bond donors (Lipinski definition) is 2. The fourth-order valence-electron chi connectivity index (χ4n) is 1.85. The van der Waals surface area contributed by atoms with E-state index >= 15 is 0 Å². The summed E-state index contributed by atoms with van der Waals surface area (Å²) in [5.74, 6) is -0.328. The number of aromatic nitrogens is 2. The van der Waals surface area contributed by atoms with E-state index in [1.54, 1.807) is 19.2 Å². The van der Waals surface area contributed by atoms with Gasteiger partial charge in [0.25, 0.3) is 5.56 Å². The number of hydrogen-bond acceptors (Lipinski definition) is 2. The highest BCUT2D eigenvalue weighted by atomic mass is 19.1. The zero-order valence-electron chi connectivity index (χ0n) is 9.53. The van der Waals surface area contributed by atoms with Crippen LogP contribution in [0.15, 0.2) is 29.1 Å². The van der Waals surface area contributed by atoms with Crippen molar-refractivity contribution in [3.8, 4) is 11.3 Å². The van der Waals surface area contributed by atoms with Crippen LogP contribution in [0.4, 0.5) is 4.39 Å². The third-order valence-corrected chi connectivity index (χ3v) is 2.65. The quantitative estimate of drug-likeness (QED) is 0.834. The van der Waals surface area contributed by atoms with E-state index in [0.29, 0.717) is 29.8 Å². The first-order chi connectivity index (χ1) is 8.13. The molecule has 3 N–H and O–H groups in total. The van der Waals surface area contributed by atoms with E-state index in [1.807, 2.05) is 0 Å². The normalized spacial score (nSPS) is 10.8. The Labute approximate surface area is 97.9 Å². The minimum Gasteiger partial charge on any atom is -0.330 e. The van der Waals surface area contributed by atoms with Gasteiger partial charge in [0, 0.05) is 18.2 Å².